The summed E-state index contributed by atoms with van der Waals surface area (Å²) < 4.78 is 63.6. The van der Waals surface area contributed by atoms with Crippen molar-refractivity contribution >= 4 is 21.6 Å². The Kier molecular flexibility index (Phi) is 7.72. The minimum atomic E-state index is -4.25. The molecule has 0 fully saturated rings. The molecule has 9 nitrogen and oxygen atoms in total. The molecule has 1 N–H and O–H groups in total. The second-order valence-electron chi connectivity index (χ2n) is 8.19. The van der Waals surface area contributed by atoms with Gasteiger partial charge < -0.3 is 24.3 Å². The Labute approximate surface area is 214 Å². The Morgan fingerprint density at radius 3 is 2.38 bits per heavy atom. The minimum absolute atomic E-state index is 0.101. The molecule has 3 aromatic rings. The monoisotopic (exact) mass is 530 g/mol. The molecule has 0 aromatic heterocycles. The summed E-state index contributed by atoms with van der Waals surface area (Å²) in [4.78, 5) is 13.0. The van der Waals surface area contributed by atoms with Crippen LogP contribution in [0.25, 0.3) is 0 Å². The van der Waals surface area contributed by atoms with Crippen LogP contribution >= 0.6 is 0 Å². The molecule has 4 rings (SSSR count). The number of hydrogen-bond donors (Lipinski definition) is 1. The fourth-order valence-electron chi connectivity index (χ4n) is 3.91. The summed E-state index contributed by atoms with van der Waals surface area (Å²) in [7, 11) is -1.21. The number of sulfonamides is 1. The van der Waals surface area contributed by atoms with E-state index in [4.69, 9.17) is 18.9 Å². The van der Waals surface area contributed by atoms with Gasteiger partial charge in [-0.2, -0.15) is 0 Å². The summed E-state index contributed by atoms with van der Waals surface area (Å²) in [6.45, 7) is 1.83. The van der Waals surface area contributed by atoms with Crippen molar-refractivity contribution in [1.29, 1.82) is 0 Å². The lowest BCUT2D eigenvalue weighted by Crippen LogP contribution is -2.41. The summed E-state index contributed by atoms with van der Waals surface area (Å²) in [6.07, 6.45) is 0. The molecule has 1 unspecified atom stereocenters. The van der Waals surface area contributed by atoms with Gasteiger partial charge >= 0.3 is 0 Å². The third-order valence-electron chi connectivity index (χ3n) is 5.78. The van der Waals surface area contributed by atoms with E-state index in [1.165, 1.54) is 44.6 Å². The lowest BCUT2D eigenvalue weighted by Gasteiger charge is -2.26. The molecule has 37 heavy (non-hydrogen) atoms. The number of carbonyl (C=O) groups is 1. The van der Waals surface area contributed by atoms with E-state index in [9.17, 15) is 17.6 Å². The second-order valence-corrected chi connectivity index (χ2v) is 10.1. The molecule has 3 aromatic carbocycles. The second kappa shape index (κ2) is 11.0. The van der Waals surface area contributed by atoms with Crippen LogP contribution in [0.2, 0.25) is 0 Å². The van der Waals surface area contributed by atoms with Gasteiger partial charge in [0.15, 0.2) is 11.5 Å². The number of anilines is 1. The molecular formula is C26H27FN2O7S. The molecule has 0 saturated heterocycles. The molecule has 1 aliphatic heterocycles. The van der Waals surface area contributed by atoms with Crippen LogP contribution in [0.3, 0.4) is 0 Å². The first-order valence-electron chi connectivity index (χ1n) is 11.4. The lowest BCUT2D eigenvalue weighted by molar-refractivity contribution is -0.120. The number of nitrogens with zero attached hydrogens (tertiary/aromatic N) is 1. The number of benzene rings is 3. The number of hydrogen-bond acceptors (Lipinski definition) is 7. The standard InChI is InChI=1S/C26H27FN2O7S/c1-17(22-14-20(33-2)8-10-23(22)34-3)28-26(30)16-29(19-6-4-18(27)5-7-19)37(31,32)21-9-11-24-25(15-21)36-13-12-35-24/h4-11,14-15,17H,12-13,16H2,1-3H3,(H,28,30). The van der Waals surface area contributed by atoms with Crippen molar-refractivity contribution in [2.24, 2.45) is 0 Å². The van der Waals surface area contributed by atoms with E-state index < -0.39 is 34.3 Å². The number of methoxy groups -OCH3 is 2. The maximum atomic E-state index is 13.7. The molecule has 1 amide bonds. The van der Waals surface area contributed by atoms with E-state index in [1.807, 2.05) is 0 Å². The van der Waals surface area contributed by atoms with Gasteiger partial charge in [-0.1, -0.05) is 0 Å². The van der Waals surface area contributed by atoms with Gasteiger partial charge in [0.05, 0.1) is 30.8 Å². The maximum Gasteiger partial charge on any atom is 0.264 e. The fraction of sp³-hybridized carbons (Fsp3) is 0.269. The fourth-order valence-corrected chi connectivity index (χ4v) is 5.34. The van der Waals surface area contributed by atoms with Gasteiger partial charge in [0.2, 0.25) is 5.91 Å². The zero-order valence-corrected chi connectivity index (χ0v) is 21.4. The van der Waals surface area contributed by atoms with Crippen LogP contribution in [0, 0.1) is 5.82 Å². The minimum Gasteiger partial charge on any atom is -0.497 e. The van der Waals surface area contributed by atoms with Crippen LogP contribution in [0.15, 0.2) is 65.6 Å². The average Bonchev–Trinajstić information content (AvgIpc) is 2.91. The Balaban J connectivity index is 1.63. The van der Waals surface area contributed by atoms with Crippen molar-refractivity contribution in [1.82, 2.24) is 5.32 Å². The average molecular weight is 531 g/mol. The number of halogens is 1. The van der Waals surface area contributed by atoms with Crippen LogP contribution in [0.1, 0.15) is 18.5 Å². The number of rotatable bonds is 9. The number of amides is 1. The summed E-state index contributed by atoms with van der Waals surface area (Å²) in [5.41, 5.74) is 0.774. The lowest BCUT2D eigenvalue weighted by atomic mass is 10.1. The molecule has 0 bridgehead atoms. The molecular weight excluding hydrogens is 503 g/mol. The van der Waals surface area contributed by atoms with Gasteiger partial charge in [0, 0.05) is 11.6 Å². The highest BCUT2D eigenvalue weighted by atomic mass is 32.2. The predicted octanol–water partition coefficient (Wildman–Crippen LogP) is 3.69. The third kappa shape index (κ3) is 5.72. The quantitative estimate of drug-likeness (QED) is 0.450. The zero-order valence-electron chi connectivity index (χ0n) is 20.6. The van der Waals surface area contributed by atoms with Crippen molar-refractivity contribution in [3.05, 3.63) is 72.0 Å². The number of ether oxygens (including phenoxy) is 4. The van der Waals surface area contributed by atoms with E-state index in [1.54, 1.807) is 25.1 Å². The van der Waals surface area contributed by atoms with Crippen molar-refractivity contribution in [2.75, 3.05) is 38.3 Å². The van der Waals surface area contributed by atoms with E-state index >= 15 is 0 Å². The number of fused-ring (bicyclic) bond motifs is 1. The van der Waals surface area contributed by atoms with Crippen LogP contribution < -0.4 is 28.6 Å². The normalized spacial score (nSPS) is 13.4. The van der Waals surface area contributed by atoms with Crippen molar-refractivity contribution < 1.29 is 36.6 Å². The van der Waals surface area contributed by atoms with Crippen LogP contribution in [0.5, 0.6) is 23.0 Å². The van der Waals surface area contributed by atoms with E-state index in [0.717, 1.165) is 16.4 Å². The summed E-state index contributed by atoms with van der Waals surface area (Å²) >= 11 is 0. The largest absolute Gasteiger partial charge is 0.497 e. The third-order valence-corrected chi connectivity index (χ3v) is 7.55. The highest BCUT2D eigenvalue weighted by Gasteiger charge is 2.29. The summed E-state index contributed by atoms with van der Waals surface area (Å²) in [5.74, 6) is 0.706. The molecule has 1 heterocycles. The van der Waals surface area contributed by atoms with Gasteiger partial charge in [-0.15, -0.1) is 0 Å². The summed E-state index contributed by atoms with van der Waals surface area (Å²) in [5, 5.41) is 2.81. The molecule has 0 aliphatic carbocycles. The SMILES string of the molecule is COc1ccc(OC)c(C(C)NC(=O)CN(c2ccc(F)cc2)S(=O)(=O)c2ccc3c(c2)OCCO3)c1. The molecule has 0 radical (unpaired) electrons. The first-order chi connectivity index (χ1) is 17.7. The van der Waals surface area contributed by atoms with Crippen molar-refractivity contribution in [3.63, 3.8) is 0 Å². The van der Waals surface area contributed by atoms with E-state index in [0.29, 0.717) is 29.4 Å². The van der Waals surface area contributed by atoms with E-state index in [-0.39, 0.29) is 22.9 Å². The maximum absolute atomic E-state index is 13.7. The number of carbonyl (C=O) groups excluding carboxylic acids is 1. The smallest absolute Gasteiger partial charge is 0.264 e. The highest BCUT2D eigenvalue weighted by molar-refractivity contribution is 7.92. The summed E-state index contributed by atoms with van der Waals surface area (Å²) in [6, 6.07) is 13.7. The van der Waals surface area contributed by atoms with Crippen LogP contribution in [0.4, 0.5) is 10.1 Å². The van der Waals surface area contributed by atoms with E-state index in [2.05, 4.69) is 5.32 Å². The molecule has 196 valence electrons. The van der Waals surface area contributed by atoms with Gasteiger partial charge in [-0.3, -0.25) is 9.10 Å². The highest BCUT2D eigenvalue weighted by Crippen LogP contribution is 2.34. The molecule has 0 saturated carbocycles. The first-order valence-corrected chi connectivity index (χ1v) is 12.9. The molecule has 1 aliphatic rings. The first kappa shape index (κ1) is 26.1. The van der Waals surface area contributed by atoms with Gasteiger partial charge in [0.25, 0.3) is 10.0 Å². The molecule has 1 atom stereocenters. The Hall–Kier alpha value is -3.99. The van der Waals surface area contributed by atoms with Crippen LogP contribution in [-0.2, 0) is 14.8 Å². The molecule has 0 spiro atoms. The van der Waals surface area contributed by atoms with Crippen LogP contribution in [-0.4, -0.2) is 48.3 Å². The predicted molar refractivity (Wildman–Crippen MR) is 134 cm³/mol. The zero-order chi connectivity index (χ0) is 26.6. The van der Waals surface area contributed by atoms with Crippen molar-refractivity contribution in [3.8, 4) is 23.0 Å². The Morgan fingerprint density at radius 2 is 1.70 bits per heavy atom. The van der Waals surface area contributed by atoms with Crippen molar-refractivity contribution in [2.45, 2.75) is 17.9 Å². The van der Waals surface area contributed by atoms with Gasteiger partial charge in [-0.05, 0) is 61.5 Å². The van der Waals surface area contributed by atoms with Gasteiger partial charge in [-0.25, -0.2) is 12.8 Å². The van der Waals surface area contributed by atoms with Gasteiger partial charge in [0.1, 0.15) is 37.1 Å². The Morgan fingerprint density at radius 1 is 1.00 bits per heavy atom. The number of nitrogens with one attached hydrogen (secondary N) is 1. The molecule has 11 heteroatoms. The topological polar surface area (TPSA) is 103 Å². The Bertz CT molecular complexity index is 1380.